The topological polar surface area (TPSA) is 118 Å². The lowest BCUT2D eigenvalue weighted by Gasteiger charge is -2.09. The van der Waals surface area contributed by atoms with Crippen molar-refractivity contribution in [2.24, 2.45) is 0 Å². The van der Waals surface area contributed by atoms with Crippen LogP contribution in [0.4, 0.5) is 5.69 Å². The highest BCUT2D eigenvalue weighted by Crippen LogP contribution is 2.26. The zero-order chi connectivity index (χ0) is 13.8. The first kappa shape index (κ1) is 12.6. The van der Waals surface area contributed by atoms with Crippen LogP contribution in [-0.2, 0) is 11.2 Å². The number of ether oxygens (including phenoxy) is 1. The summed E-state index contributed by atoms with van der Waals surface area (Å²) in [6, 6.07) is 6.58. The Bertz CT molecular complexity index is 666. The first-order valence-electron chi connectivity index (χ1n) is 5.38. The molecule has 0 amide bonds. The molecule has 2 rings (SSSR count). The Morgan fingerprint density at radius 1 is 1.42 bits per heavy atom. The summed E-state index contributed by atoms with van der Waals surface area (Å²) in [4.78, 5) is 28.2. The van der Waals surface area contributed by atoms with Gasteiger partial charge in [0.25, 0.3) is 5.56 Å². The molecular formula is C12H11N3O4. The lowest BCUT2D eigenvalue weighted by Crippen LogP contribution is -2.13. The Hall–Kier alpha value is -2.83. The van der Waals surface area contributed by atoms with Crippen molar-refractivity contribution in [3.8, 4) is 11.6 Å². The van der Waals surface area contributed by atoms with Crippen LogP contribution in [-0.4, -0.2) is 21.0 Å². The number of anilines is 1. The minimum Gasteiger partial charge on any atom is -0.481 e. The van der Waals surface area contributed by atoms with Crippen molar-refractivity contribution < 1.29 is 14.6 Å². The molecule has 1 heterocycles. The SMILES string of the molecule is Nc1c(Oc2ccccc2CC(=O)O)nc[nH]c1=O. The van der Waals surface area contributed by atoms with Crippen LogP contribution in [0.2, 0.25) is 0 Å². The molecule has 0 aliphatic carbocycles. The van der Waals surface area contributed by atoms with E-state index in [0.29, 0.717) is 11.3 Å². The lowest BCUT2D eigenvalue weighted by molar-refractivity contribution is -0.136. The molecule has 0 spiro atoms. The Labute approximate surface area is 107 Å². The molecule has 1 aromatic heterocycles. The summed E-state index contributed by atoms with van der Waals surface area (Å²) in [7, 11) is 0. The fourth-order valence-corrected chi connectivity index (χ4v) is 1.49. The molecule has 0 bridgehead atoms. The van der Waals surface area contributed by atoms with Crippen molar-refractivity contribution in [2.75, 3.05) is 5.73 Å². The highest BCUT2D eigenvalue weighted by molar-refractivity contribution is 5.71. The number of rotatable bonds is 4. The van der Waals surface area contributed by atoms with Gasteiger partial charge in [-0.1, -0.05) is 18.2 Å². The van der Waals surface area contributed by atoms with Gasteiger partial charge in [0.1, 0.15) is 5.75 Å². The van der Waals surface area contributed by atoms with Crippen LogP contribution in [0.25, 0.3) is 0 Å². The molecule has 0 saturated carbocycles. The van der Waals surface area contributed by atoms with E-state index in [1.54, 1.807) is 24.3 Å². The van der Waals surface area contributed by atoms with Gasteiger partial charge in [0.15, 0.2) is 5.69 Å². The normalized spacial score (nSPS) is 10.1. The third kappa shape index (κ3) is 2.89. The molecule has 4 N–H and O–H groups in total. The standard InChI is InChI=1S/C12H11N3O4/c13-10-11(18)14-6-15-12(10)19-8-4-2-1-3-7(8)5-9(16)17/h1-4,6H,5,13H2,(H,16,17)(H,14,15,18). The van der Waals surface area contributed by atoms with Crippen LogP contribution < -0.4 is 16.0 Å². The monoisotopic (exact) mass is 261 g/mol. The van der Waals surface area contributed by atoms with Crippen molar-refractivity contribution >= 4 is 11.7 Å². The van der Waals surface area contributed by atoms with E-state index in [1.807, 2.05) is 0 Å². The number of aromatic nitrogens is 2. The summed E-state index contributed by atoms with van der Waals surface area (Å²) in [6.45, 7) is 0. The summed E-state index contributed by atoms with van der Waals surface area (Å²) < 4.78 is 5.40. The minimum atomic E-state index is -0.983. The first-order chi connectivity index (χ1) is 9.08. The molecule has 0 atom stereocenters. The fraction of sp³-hybridized carbons (Fsp3) is 0.0833. The van der Waals surface area contributed by atoms with Gasteiger partial charge in [-0.2, -0.15) is 0 Å². The summed E-state index contributed by atoms with van der Waals surface area (Å²) >= 11 is 0. The highest BCUT2D eigenvalue weighted by Gasteiger charge is 2.11. The zero-order valence-electron chi connectivity index (χ0n) is 9.79. The number of aliphatic carboxylic acids is 1. The second kappa shape index (κ2) is 5.21. The smallest absolute Gasteiger partial charge is 0.307 e. The lowest BCUT2D eigenvalue weighted by atomic mass is 10.1. The highest BCUT2D eigenvalue weighted by atomic mass is 16.5. The molecule has 0 aliphatic rings. The van der Waals surface area contributed by atoms with Crippen molar-refractivity contribution in [1.29, 1.82) is 0 Å². The molecule has 7 heteroatoms. The molecule has 1 aromatic carbocycles. The summed E-state index contributed by atoms with van der Waals surface area (Å²) in [5.41, 5.74) is 5.33. The molecule has 0 fully saturated rings. The minimum absolute atomic E-state index is 0.0541. The maximum atomic E-state index is 11.3. The maximum absolute atomic E-state index is 11.3. The van der Waals surface area contributed by atoms with Crippen LogP contribution in [0.3, 0.4) is 0 Å². The van der Waals surface area contributed by atoms with Crippen LogP contribution in [0.1, 0.15) is 5.56 Å². The summed E-state index contributed by atoms with van der Waals surface area (Å²) in [5.74, 6) is -0.737. The van der Waals surface area contributed by atoms with E-state index in [4.69, 9.17) is 15.6 Å². The summed E-state index contributed by atoms with van der Waals surface area (Å²) in [6.07, 6.45) is 0.965. The van der Waals surface area contributed by atoms with Gasteiger partial charge in [-0.3, -0.25) is 9.59 Å². The van der Waals surface area contributed by atoms with Crippen LogP contribution in [0.5, 0.6) is 11.6 Å². The van der Waals surface area contributed by atoms with Crippen molar-refractivity contribution in [2.45, 2.75) is 6.42 Å². The summed E-state index contributed by atoms with van der Waals surface area (Å²) in [5, 5.41) is 8.81. The van der Waals surface area contributed by atoms with E-state index >= 15 is 0 Å². The number of carbonyl (C=O) groups is 1. The Morgan fingerprint density at radius 2 is 2.16 bits per heavy atom. The average Bonchev–Trinajstić information content (AvgIpc) is 2.36. The van der Waals surface area contributed by atoms with E-state index < -0.39 is 11.5 Å². The van der Waals surface area contributed by atoms with Gasteiger partial charge in [0.2, 0.25) is 5.88 Å². The van der Waals surface area contributed by atoms with Gasteiger partial charge in [-0.25, -0.2) is 4.98 Å². The molecule has 0 unspecified atom stereocenters. The van der Waals surface area contributed by atoms with Gasteiger partial charge in [-0.05, 0) is 6.07 Å². The van der Waals surface area contributed by atoms with Crippen molar-refractivity contribution in [3.05, 3.63) is 46.5 Å². The van der Waals surface area contributed by atoms with E-state index in [-0.39, 0.29) is 18.0 Å². The number of nitrogens with zero attached hydrogens (tertiary/aromatic N) is 1. The third-order valence-corrected chi connectivity index (χ3v) is 2.37. The number of para-hydroxylation sites is 1. The molecule has 0 radical (unpaired) electrons. The fourth-order valence-electron chi connectivity index (χ4n) is 1.49. The molecule has 2 aromatic rings. The van der Waals surface area contributed by atoms with Crippen LogP contribution in [0.15, 0.2) is 35.4 Å². The molecule has 0 saturated heterocycles. The van der Waals surface area contributed by atoms with Crippen molar-refractivity contribution in [1.82, 2.24) is 9.97 Å². The van der Waals surface area contributed by atoms with E-state index in [2.05, 4.69) is 9.97 Å². The number of hydrogen-bond donors (Lipinski definition) is 3. The predicted molar refractivity (Wildman–Crippen MR) is 67.1 cm³/mol. The number of benzene rings is 1. The largest absolute Gasteiger partial charge is 0.481 e. The Kier molecular flexibility index (Phi) is 3.46. The van der Waals surface area contributed by atoms with E-state index in [9.17, 15) is 9.59 Å². The molecule has 0 aliphatic heterocycles. The van der Waals surface area contributed by atoms with Crippen LogP contribution in [0, 0.1) is 0 Å². The van der Waals surface area contributed by atoms with Crippen molar-refractivity contribution in [3.63, 3.8) is 0 Å². The number of aromatic amines is 1. The molecule has 98 valence electrons. The Balaban J connectivity index is 2.35. The number of nitrogens with one attached hydrogen (secondary N) is 1. The predicted octanol–water partition coefficient (Wildman–Crippen LogP) is 0.772. The van der Waals surface area contributed by atoms with Gasteiger partial charge >= 0.3 is 5.97 Å². The average molecular weight is 261 g/mol. The number of nitrogen functional groups attached to an aromatic ring is 1. The number of hydrogen-bond acceptors (Lipinski definition) is 5. The Morgan fingerprint density at radius 3 is 2.89 bits per heavy atom. The second-order valence-electron chi connectivity index (χ2n) is 3.73. The van der Waals surface area contributed by atoms with E-state index in [0.717, 1.165) is 6.33 Å². The maximum Gasteiger partial charge on any atom is 0.307 e. The van der Waals surface area contributed by atoms with Crippen LogP contribution >= 0.6 is 0 Å². The van der Waals surface area contributed by atoms with E-state index in [1.165, 1.54) is 0 Å². The molecule has 7 nitrogen and oxygen atoms in total. The number of carboxylic acid groups (broad SMARTS) is 1. The number of carboxylic acids is 1. The zero-order valence-corrected chi connectivity index (χ0v) is 9.79. The second-order valence-corrected chi connectivity index (χ2v) is 3.73. The van der Waals surface area contributed by atoms with Gasteiger partial charge in [0, 0.05) is 5.56 Å². The third-order valence-electron chi connectivity index (χ3n) is 2.37. The quantitative estimate of drug-likeness (QED) is 0.748. The van der Waals surface area contributed by atoms with Gasteiger partial charge in [-0.15, -0.1) is 0 Å². The number of H-pyrrole nitrogens is 1. The molecular weight excluding hydrogens is 250 g/mol. The first-order valence-corrected chi connectivity index (χ1v) is 5.38. The van der Waals surface area contributed by atoms with Gasteiger partial charge < -0.3 is 20.6 Å². The number of nitrogens with two attached hydrogens (primary N) is 1. The van der Waals surface area contributed by atoms with Gasteiger partial charge in [0.05, 0.1) is 12.7 Å². The molecule has 19 heavy (non-hydrogen) atoms.